The molecule has 0 heterocycles. The van der Waals surface area contributed by atoms with E-state index in [1.165, 1.54) is 51.4 Å². The van der Waals surface area contributed by atoms with Gasteiger partial charge in [0.15, 0.2) is 0 Å². The normalized spacial score (nSPS) is 32.2. The van der Waals surface area contributed by atoms with E-state index in [2.05, 4.69) is 37.0 Å². The zero-order valence-corrected chi connectivity index (χ0v) is 13.7. The van der Waals surface area contributed by atoms with E-state index in [1.54, 1.807) is 0 Å². The van der Waals surface area contributed by atoms with Gasteiger partial charge in [-0.2, -0.15) is 0 Å². The molecule has 2 rings (SSSR count). The summed E-state index contributed by atoms with van der Waals surface area (Å²) in [7, 11) is 1.83. The summed E-state index contributed by atoms with van der Waals surface area (Å²) in [6.45, 7) is 4.80. The highest BCUT2D eigenvalue weighted by Crippen LogP contribution is 2.36. The number of unbranched alkanes of at least 4 members (excludes halogenated alkanes) is 1. The minimum absolute atomic E-state index is 0.268. The lowest BCUT2D eigenvalue weighted by Crippen LogP contribution is -2.24. The van der Waals surface area contributed by atoms with Gasteiger partial charge >= 0.3 is 0 Å². The summed E-state index contributed by atoms with van der Waals surface area (Å²) in [6, 6.07) is 0. The van der Waals surface area contributed by atoms with Crippen molar-refractivity contribution in [2.45, 2.75) is 57.8 Å². The first-order valence-electron chi connectivity index (χ1n) is 8.74. The van der Waals surface area contributed by atoms with Crippen LogP contribution in [-0.4, -0.2) is 13.7 Å². The van der Waals surface area contributed by atoms with Crippen molar-refractivity contribution < 1.29 is 4.74 Å². The molecule has 1 unspecified atom stereocenters. The maximum Gasteiger partial charge on any atom is 0.0556 e. The van der Waals surface area contributed by atoms with Crippen molar-refractivity contribution >= 4 is 0 Å². The van der Waals surface area contributed by atoms with Crippen LogP contribution in [0.4, 0.5) is 0 Å². The Hall–Kier alpha value is -0.820. The summed E-state index contributed by atoms with van der Waals surface area (Å²) in [4.78, 5) is 0. The molecule has 2 aliphatic carbocycles. The van der Waals surface area contributed by atoms with Crippen LogP contribution >= 0.6 is 0 Å². The van der Waals surface area contributed by atoms with Crippen molar-refractivity contribution in [2.75, 3.05) is 13.7 Å². The molecule has 0 N–H and O–H groups in total. The minimum atomic E-state index is 0.268. The molecule has 0 aromatic rings. The highest BCUT2D eigenvalue weighted by Gasteiger charge is 2.27. The fourth-order valence-corrected chi connectivity index (χ4v) is 3.98. The molecular formula is C20H32O. The van der Waals surface area contributed by atoms with E-state index in [0.29, 0.717) is 0 Å². The van der Waals surface area contributed by atoms with Crippen LogP contribution in [0, 0.1) is 17.3 Å². The van der Waals surface area contributed by atoms with Gasteiger partial charge in [0.1, 0.15) is 0 Å². The van der Waals surface area contributed by atoms with Gasteiger partial charge in [0.05, 0.1) is 6.61 Å². The topological polar surface area (TPSA) is 9.23 Å². The zero-order valence-electron chi connectivity index (χ0n) is 13.7. The van der Waals surface area contributed by atoms with Gasteiger partial charge in [0.2, 0.25) is 0 Å². The number of rotatable bonds is 8. The number of hydrogen-bond donors (Lipinski definition) is 0. The van der Waals surface area contributed by atoms with Gasteiger partial charge in [-0.05, 0) is 50.4 Å². The van der Waals surface area contributed by atoms with Crippen LogP contribution in [0.25, 0.3) is 0 Å². The molecule has 1 fully saturated rings. The molecule has 1 atom stereocenters. The smallest absolute Gasteiger partial charge is 0.0556 e. The number of allylic oxidation sites excluding steroid dienone is 4. The molecule has 0 radical (unpaired) electrons. The third-order valence-electron chi connectivity index (χ3n) is 5.41. The monoisotopic (exact) mass is 288 g/mol. The van der Waals surface area contributed by atoms with Crippen LogP contribution in [0.5, 0.6) is 0 Å². The second-order valence-corrected chi connectivity index (χ2v) is 7.05. The molecule has 0 saturated heterocycles. The summed E-state index contributed by atoms with van der Waals surface area (Å²) in [6.07, 6.45) is 23.3. The second kappa shape index (κ2) is 8.58. The van der Waals surface area contributed by atoms with E-state index >= 15 is 0 Å². The summed E-state index contributed by atoms with van der Waals surface area (Å²) >= 11 is 0. The average Bonchev–Trinajstić information content (AvgIpc) is 2.53. The molecule has 1 heteroatoms. The van der Waals surface area contributed by atoms with Crippen LogP contribution in [0.15, 0.2) is 37.0 Å². The maximum absolute atomic E-state index is 5.46. The lowest BCUT2D eigenvalue weighted by molar-refractivity contribution is 0.103. The number of methoxy groups -OCH3 is 1. The van der Waals surface area contributed by atoms with Gasteiger partial charge in [-0.25, -0.2) is 0 Å². The van der Waals surface area contributed by atoms with Crippen molar-refractivity contribution in [2.24, 2.45) is 17.3 Å². The molecule has 1 nitrogen and oxygen atoms in total. The van der Waals surface area contributed by atoms with E-state index in [4.69, 9.17) is 4.74 Å². The second-order valence-electron chi connectivity index (χ2n) is 7.05. The maximum atomic E-state index is 5.46. The molecular weight excluding hydrogens is 256 g/mol. The SMILES string of the molecule is C=CC1CCC(CCCCC2(COC)C=CC=CC2)CC1. The summed E-state index contributed by atoms with van der Waals surface area (Å²) in [5.41, 5.74) is 0.268. The van der Waals surface area contributed by atoms with Gasteiger partial charge in [-0.15, -0.1) is 6.58 Å². The standard InChI is InChI=1S/C20H32O/c1-3-18-10-12-19(13-11-18)9-5-8-16-20(17-21-2)14-6-4-7-15-20/h3-4,6-7,14,18-19H,1,5,8-13,15-17H2,2H3. The van der Waals surface area contributed by atoms with Crippen LogP contribution in [0.1, 0.15) is 57.8 Å². The van der Waals surface area contributed by atoms with Gasteiger partial charge in [0.25, 0.3) is 0 Å². The molecule has 0 aromatic carbocycles. The molecule has 21 heavy (non-hydrogen) atoms. The van der Waals surface area contributed by atoms with E-state index in [9.17, 15) is 0 Å². The van der Waals surface area contributed by atoms with E-state index in [-0.39, 0.29) is 5.41 Å². The Bertz CT molecular complexity index is 360. The van der Waals surface area contributed by atoms with E-state index in [1.807, 2.05) is 7.11 Å². The Morgan fingerprint density at radius 1 is 1.19 bits per heavy atom. The molecule has 0 bridgehead atoms. The lowest BCUT2D eigenvalue weighted by Gasteiger charge is -2.31. The first-order valence-corrected chi connectivity index (χ1v) is 8.74. The first kappa shape index (κ1) is 16.5. The van der Waals surface area contributed by atoms with Crippen LogP contribution in [-0.2, 0) is 4.74 Å². The van der Waals surface area contributed by atoms with Crippen molar-refractivity contribution in [1.29, 1.82) is 0 Å². The van der Waals surface area contributed by atoms with E-state index < -0.39 is 0 Å². The van der Waals surface area contributed by atoms with Crippen LogP contribution < -0.4 is 0 Å². The molecule has 118 valence electrons. The van der Waals surface area contributed by atoms with Crippen molar-refractivity contribution in [3.05, 3.63) is 37.0 Å². The molecule has 1 saturated carbocycles. The van der Waals surface area contributed by atoms with Crippen LogP contribution in [0.3, 0.4) is 0 Å². The van der Waals surface area contributed by atoms with Crippen LogP contribution in [0.2, 0.25) is 0 Å². The highest BCUT2D eigenvalue weighted by molar-refractivity contribution is 5.16. The minimum Gasteiger partial charge on any atom is -0.384 e. The molecule has 0 aromatic heterocycles. The Morgan fingerprint density at radius 2 is 2.00 bits per heavy atom. The van der Waals surface area contributed by atoms with E-state index in [0.717, 1.165) is 24.9 Å². The first-order chi connectivity index (χ1) is 10.3. The molecule has 0 aliphatic heterocycles. The van der Waals surface area contributed by atoms with Gasteiger partial charge in [0, 0.05) is 12.5 Å². The lowest BCUT2D eigenvalue weighted by atomic mass is 9.76. The third kappa shape index (κ3) is 5.14. The fourth-order valence-electron chi connectivity index (χ4n) is 3.98. The highest BCUT2D eigenvalue weighted by atomic mass is 16.5. The predicted molar refractivity (Wildman–Crippen MR) is 91.3 cm³/mol. The van der Waals surface area contributed by atoms with Crippen molar-refractivity contribution in [3.63, 3.8) is 0 Å². The summed E-state index contributed by atoms with van der Waals surface area (Å²) < 4.78 is 5.46. The predicted octanol–water partition coefficient (Wildman–Crippen LogP) is 5.69. The average molecular weight is 288 g/mol. The van der Waals surface area contributed by atoms with Gasteiger partial charge in [-0.3, -0.25) is 0 Å². The van der Waals surface area contributed by atoms with Gasteiger partial charge < -0.3 is 4.74 Å². The van der Waals surface area contributed by atoms with Gasteiger partial charge in [-0.1, -0.05) is 49.6 Å². The molecule has 0 spiro atoms. The number of ether oxygens (including phenoxy) is 1. The Labute approximate surface area is 131 Å². The third-order valence-corrected chi connectivity index (χ3v) is 5.41. The quantitative estimate of drug-likeness (QED) is 0.412. The molecule has 2 aliphatic rings. The Morgan fingerprint density at radius 3 is 2.62 bits per heavy atom. The Balaban J connectivity index is 1.65. The summed E-state index contributed by atoms with van der Waals surface area (Å²) in [5, 5.41) is 0. The zero-order chi connectivity index (χ0) is 15.0. The van der Waals surface area contributed by atoms with Crippen molar-refractivity contribution in [3.8, 4) is 0 Å². The fraction of sp³-hybridized carbons (Fsp3) is 0.700. The largest absolute Gasteiger partial charge is 0.384 e. The number of hydrogen-bond acceptors (Lipinski definition) is 1. The van der Waals surface area contributed by atoms with Crippen molar-refractivity contribution in [1.82, 2.24) is 0 Å². The summed E-state index contributed by atoms with van der Waals surface area (Å²) in [5.74, 6) is 1.77. The Kier molecular flexibility index (Phi) is 6.76. The molecule has 0 amide bonds.